The van der Waals surface area contributed by atoms with Crippen molar-refractivity contribution >= 4 is 80.7 Å². The van der Waals surface area contributed by atoms with E-state index in [1.165, 1.54) is 6.08 Å². The molecule has 1 aliphatic rings. The van der Waals surface area contributed by atoms with Crippen LogP contribution in [0, 0.1) is 0 Å². The van der Waals surface area contributed by atoms with E-state index in [1.807, 2.05) is 35.2 Å². The van der Waals surface area contributed by atoms with Gasteiger partial charge in [0.05, 0.1) is 11.2 Å². The molecule has 6 nitrogen and oxygen atoms in total. The van der Waals surface area contributed by atoms with Crippen molar-refractivity contribution in [2.75, 3.05) is 18.0 Å². The molecule has 1 N–H and O–H groups in total. The molecule has 1 atom stereocenters. The Morgan fingerprint density at radius 1 is 1.09 bits per heavy atom. The number of nitrogens with zero attached hydrogens (tertiary/aromatic N) is 4. The van der Waals surface area contributed by atoms with Crippen LogP contribution in [-0.4, -0.2) is 48.9 Å². The lowest BCUT2D eigenvalue weighted by Crippen LogP contribution is -2.62. The average molecular weight is 521 g/mol. The minimum atomic E-state index is -1.82. The number of halogens is 3. The normalized spacial score (nSPS) is 15.8. The van der Waals surface area contributed by atoms with Crippen LogP contribution in [0.15, 0.2) is 67.1 Å². The van der Waals surface area contributed by atoms with E-state index >= 15 is 0 Å². The first-order chi connectivity index (χ1) is 15.8. The number of hydrogen-bond acceptors (Lipinski definition) is 4. The van der Waals surface area contributed by atoms with Crippen molar-refractivity contribution in [1.29, 1.82) is 0 Å². The number of carbonyl (C=O) groups is 1. The minimum Gasteiger partial charge on any atom is -0.328 e. The van der Waals surface area contributed by atoms with Gasteiger partial charge in [-0.05, 0) is 54.5 Å². The summed E-state index contributed by atoms with van der Waals surface area (Å²) < 4.78 is -1.82. The van der Waals surface area contributed by atoms with Crippen molar-refractivity contribution in [3.05, 3.63) is 72.7 Å². The Morgan fingerprint density at radius 3 is 2.61 bits per heavy atom. The average Bonchev–Trinajstić information content (AvgIpc) is 2.81. The Morgan fingerprint density at radius 2 is 1.85 bits per heavy atom. The van der Waals surface area contributed by atoms with Gasteiger partial charge in [-0.25, -0.2) is 0 Å². The number of benzene rings is 1. The highest BCUT2D eigenvalue weighted by atomic mass is 35.6. The van der Waals surface area contributed by atoms with Gasteiger partial charge in [0.1, 0.15) is 0 Å². The number of rotatable bonds is 5. The Bertz CT molecular complexity index is 1180. The molecule has 170 valence electrons. The van der Waals surface area contributed by atoms with Crippen LogP contribution in [0.5, 0.6) is 0 Å². The number of para-hydroxylation sites is 1. The highest BCUT2D eigenvalue weighted by molar-refractivity contribution is 7.80. The molecular formula is C23H20Cl3N5OS. The second kappa shape index (κ2) is 10.2. The lowest BCUT2D eigenvalue weighted by Gasteiger charge is -2.44. The number of alkyl halides is 3. The zero-order chi connectivity index (χ0) is 23.4. The topological polar surface area (TPSA) is 61.4 Å². The summed E-state index contributed by atoms with van der Waals surface area (Å²) in [6.07, 6.45) is 7.87. The molecule has 1 fully saturated rings. The number of nitrogens with one attached hydrogen (secondary N) is 1. The third-order valence-corrected chi connectivity index (χ3v) is 6.27. The Balaban J connectivity index is 1.58. The second-order valence-corrected chi connectivity index (χ2v) is 10.1. The summed E-state index contributed by atoms with van der Waals surface area (Å²) in [5, 5.41) is 4.25. The van der Waals surface area contributed by atoms with Crippen LogP contribution in [0.4, 0.5) is 5.69 Å². The van der Waals surface area contributed by atoms with Crippen molar-refractivity contribution in [2.45, 2.75) is 16.4 Å². The fourth-order valence-corrected chi connectivity index (χ4v) is 4.58. The number of anilines is 1. The first kappa shape index (κ1) is 23.7. The highest BCUT2D eigenvalue weighted by Gasteiger charge is 2.42. The van der Waals surface area contributed by atoms with Crippen molar-refractivity contribution in [3.8, 4) is 0 Å². The van der Waals surface area contributed by atoms with E-state index in [0.717, 1.165) is 28.6 Å². The second-order valence-electron chi connectivity index (χ2n) is 7.40. The summed E-state index contributed by atoms with van der Waals surface area (Å²) in [5.74, 6) is -0.408. The molecule has 1 unspecified atom stereocenters. The van der Waals surface area contributed by atoms with Gasteiger partial charge < -0.3 is 15.1 Å². The van der Waals surface area contributed by atoms with Crippen LogP contribution >= 0.6 is 47.0 Å². The van der Waals surface area contributed by atoms with Crippen molar-refractivity contribution in [1.82, 2.24) is 20.2 Å². The van der Waals surface area contributed by atoms with E-state index < -0.39 is 15.9 Å². The number of aromatic nitrogens is 2. The monoisotopic (exact) mass is 519 g/mol. The van der Waals surface area contributed by atoms with Gasteiger partial charge in [-0.3, -0.25) is 14.8 Å². The summed E-state index contributed by atoms with van der Waals surface area (Å²) in [7, 11) is 0. The zero-order valence-corrected chi connectivity index (χ0v) is 20.5. The number of thiocarbonyl (C=S) groups is 1. The number of pyridine rings is 2. The fourth-order valence-electron chi connectivity index (χ4n) is 3.68. The fraction of sp³-hybridized carbons (Fsp3) is 0.217. The minimum absolute atomic E-state index is 0.408. The molecule has 4 rings (SSSR count). The van der Waals surface area contributed by atoms with Gasteiger partial charge >= 0.3 is 0 Å². The standard InChI is InChI=1S/C23H20Cl3N5OS/c24-23(25,26)21(29-19(32)8-7-16-9-12-27-13-10-16)31-15-3-14-30(22(31)33)18-6-1-4-17-5-2-11-28-20(17)18/h1-2,4-13,21H,3,14-15H2,(H,29,32)/b8-7+. The predicted octanol–water partition coefficient (Wildman–Crippen LogP) is 4.95. The molecule has 1 aliphatic heterocycles. The largest absolute Gasteiger partial charge is 0.328 e. The molecule has 1 aromatic carbocycles. The van der Waals surface area contributed by atoms with Crippen LogP contribution in [0.1, 0.15) is 12.0 Å². The zero-order valence-electron chi connectivity index (χ0n) is 17.4. The van der Waals surface area contributed by atoms with Gasteiger partial charge in [0.25, 0.3) is 0 Å². The maximum atomic E-state index is 12.7. The number of fused-ring (bicyclic) bond motifs is 1. The highest BCUT2D eigenvalue weighted by Crippen LogP contribution is 2.35. The SMILES string of the molecule is O=C(/C=C/c1ccncc1)NC(N1CCCN(c2cccc3cccnc23)C1=S)C(Cl)(Cl)Cl. The van der Waals surface area contributed by atoms with E-state index in [9.17, 15) is 4.79 Å². The van der Waals surface area contributed by atoms with E-state index in [-0.39, 0.29) is 0 Å². The molecule has 2 aromatic heterocycles. The summed E-state index contributed by atoms with van der Waals surface area (Å²) in [6.45, 7) is 1.22. The lowest BCUT2D eigenvalue weighted by molar-refractivity contribution is -0.117. The first-order valence-electron chi connectivity index (χ1n) is 10.2. The van der Waals surface area contributed by atoms with Crippen molar-refractivity contribution in [3.63, 3.8) is 0 Å². The van der Waals surface area contributed by atoms with Crippen LogP contribution in [0.25, 0.3) is 17.0 Å². The van der Waals surface area contributed by atoms with E-state index in [0.29, 0.717) is 18.2 Å². The van der Waals surface area contributed by atoms with E-state index in [1.54, 1.807) is 41.7 Å². The molecular weight excluding hydrogens is 501 g/mol. The number of carbonyl (C=O) groups excluding carboxylic acids is 1. The Kier molecular flexibility index (Phi) is 7.34. The summed E-state index contributed by atoms with van der Waals surface area (Å²) in [4.78, 5) is 24.9. The Hall–Kier alpha value is -2.45. The predicted molar refractivity (Wildman–Crippen MR) is 139 cm³/mol. The number of hydrogen-bond donors (Lipinski definition) is 1. The molecule has 3 aromatic rings. The van der Waals surface area contributed by atoms with Crippen LogP contribution in [0.2, 0.25) is 0 Å². The third-order valence-electron chi connectivity index (χ3n) is 5.19. The molecule has 1 saturated heterocycles. The van der Waals surface area contributed by atoms with Gasteiger partial charge in [-0.2, -0.15) is 0 Å². The lowest BCUT2D eigenvalue weighted by atomic mass is 10.1. The molecule has 33 heavy (non-hydrogen) atoms. The molecule has 0 spiro atoms. The van der Waals surface area contributed by atoms with Gasteiger partial charge in [0.15, 0.2) is 11.3 Å². The first-order valence-corrected chi connectivity index (χ1v) is 11.8. The molecule has 3 heterocycles. The van der Waals surface area contributed by atoms with Gasteiger partial charge in [0, 0.05) is 43.1 Å². The smallest absolute Gasteiger partial charge is 0.245 e. The van der Waals surface area contributed by atoms with Gasteiger partial charge in [-0.15, -0.1) is 0 Å². The van der Waals surface area contributed by atoms with Gasteiger partial charge in [0.2, 0.25) is 9.70 Å². The molecule has 0 radical (unpaired) electrons. The molecule has 0 saturated carbocycles. The maximum Gasteiger partial charge on any atom is 0.245 e. The molecule has 0 aliphatic carbocycles. The summed E-state index contributed by atoms with van der Waals surface area (Å²) >= 11 is 24.7. The van der Waals surface area contributed by atoms with Gasteiger partial charge in [-0.1, -0.05) is 53.0 Å². The van der Waals surface area contributed by atoms with Crippen molar-refractivity contribution < 1.29 is 4.79 Å². The summed E-state index contributed by atoms with van der Waals surface area (Å²) in [5.41, 5.74) is 2.53. The molecule has 10 heteroatoms. The summed E-state index contributed by atoms with van der Waals surface area (Å²) in [6, 6.07) is 13.4. The van der Waals surface area contributed by atoms with Crippen molar-refractivity contribution in [2.24, 2.45) is 0 Å². The maximum absolute atomic E-state index is 12.7. The third kappa shape index (κ3) is 5.55. The van der Waals surface area contributed by atoms with Crippen LogP contribution < -0.4 is 10.2 Å². The van der Waals surface area contributed by atoms with E-state index in [4.69, 9.17) is 47.0 Å². The van der Waals surface area contributed by atoms with Crippen LogP contribution in [0.3, 0.4) is 0 Å². The van der Waals surface area contributed by atoms with E-state index in [2.05, 4.69) is 15.3 Å². The Labute approximate surface area is 212 Å². The molecule has 0 bridgehead atoms. The molecule has 1 amide bonds. The van der Waals surface area contributed by atoms with Crippen LogP contribution in [-0.2, 0) is 4.79 Å². The number of amides is 1. The quantitative estimate of drug-likeness (QED) is 0.292.